The molecule has 0 unspecified atom stereocenters. The molecule has 7 heteroatoms. The highest BCUT2D eigenvalue weighted by molar-refractivity contribution is 5.98. The largest absolute Gasteiger partial charge is 0.481 e. The van der Waals surface area contributed by atoms with Crippen molar-refractivity contribution in [1.82, 2.24) is 9.80 Å². The van der Waals surface area contributed by atoms with Gasteiger partial charge in [0.1, 0.15) is 0 Å². The smallest absolute Gasteiger partial charge is 0.309 e. The number of Topliss-reactive ketones (excluding diaryl/α,β-unsaturated/α-hetero) is 1. The molecule has 0 radical (unpaired) electrons. The standard InChI is InChI=1S/C20H24N2O5/c1-21-18(25)13-15(19(26)27)20(21)9-11-22(12-10-20)17(24)8-7-16(23)14-5-3-2-4-6-14/h2-6,15H,7-13H2,1H3,(H,26,27)/t15-/m1/s1. The second kappa shape index (κ2) is 7.50. The lowest BCUT2D eigenvalue weighted by molar-refractivity contribution is -0.147. The Morgan fingerprint density at radius 2 is 1.74 bits per heavy atom. The van der Waals surface area contributed by atoms with Gasteiger partial charge in [-0.2, -0.15) is 0 Å². The Morgan fingerprint density at radius 1 is 1.11 bits per heavy atom. The van der Waals surface area contributed by atoms with Crippen LogP contribution in [0.3, 0.4) is 0 Å². The molecular weight excluding hydrogens is 348 g/mol. The molecule has 1 N–H and O–H groups in total. The molecule has 2 amide bonds. The highest BCUT2D eigenvalue weighted by Crippen LogP contribution is 2.42. The van der Waals surface area contributed by atoms with E-state index in [9.17, 15) is 24.3 Å². The molecule has 0 aromatic heterocycles. The normalized spacial score (nSPS) is 21.5. The lowest BCUT2D eigenvalue weighted by Gasteiger charge is -2.45. The van der Waals surface area contributed by atoms with Gasteiger partial charge in [-0.1, -0.05) is 30.3 Å². The topological polar surface area (TPSA) is 95.0 Å². The highest BCUT2D eigenvalue weighted by atomic mass is 16.4. The molecule has 0 bridgehead atoms. The fourth-order valence-electron chi connectivity index (χ4n) is 4.27. The van der Waals surface area contributed by atoms with Gasteiger partial charge in [-0.3, -0.25) is 19.2 Å². The highest BCUT2D eigenvalue weighted by Gasteiger charge is 2.55. The summed E-state index contributed by atoms with van der Waals surface area (Å²) in [4.78, 5) is 51.5. The lowest BCUT2D eigenvalue weighted by atomic mass is 9.77. The molecule has 0 saturated carbocycles. The molecule has 3 rings (SSSR count). The number of amides is 2. The SMILES string of the molecule is CN1C(=O)C[C@H](C(=O)O)C12CCN(C(=O)CCC(=O)c1ccccc1)CC2. The summed E-state index contributed by atoms with van der Waals surface area (Å²) in [5, 5.41) is 9.50. The maximum absolute atomic E-state index is 12.5. The van der Waals surface area contributed by atoms with Gasteiger partial charge in [0.05, 0.1) is 11.5 Å². The summed E-state index contributed by atoms with van der Waals surface area (Å²) in [6.45, 7) is 0.805. The molecular formula is C20H24N2O5. The van der Waals surface area contributed by atoms with E-state index in [-0.39, 0.29) is 36.9 Å². The van der Waals surface area contributed by atoms with Crippen molar-refractivity contribution in [2.24, 2.45) is 5.92 Å². The van der Waals surface area contributed by atoms with E-state index in [1.54, 1.807) is 41.1 Å². The van der Waals surface area contributed by atoms with Crippen LogP contribution in [0.5, 0.6) is 0 Å². The molecule has 2 aliphatic heterocycles. The Bertz CT molecular complexity index is 753. The van der Waals surface area contributed by atoms with E-state index < -0.39 is 17.4 Å². The van der Waals surface area contributed by atoms with Crippen LogP contribution in [0.25, 0.3) is 0 Å². The Hall–Kier alpha value is -2.70. The van der Waals surface area contributed by atoms with Crippen molar-refractivity contribution < 1.29 is 24.3 Å². The number of benzene rings is 1. The van der Waals surface area contributed by atoms with Crippen LogP contribution >= 0.6 is 0 Å². The summed E-state index contributed by atoms with van der Waals surface area (Å²) in [5.74, 6) is -2.01. The number of nitrogens with zero attached hydrogens (tertiary/aromatic N) is 2. The van der Waals surface area contributed by atoms with Crippen LogP contribution in [0.2, 0.25) is 0 Å². The number of carboxylic acid groups (broad SMARTS) is 1. The molecule has 2 heterocycles. The van der Waals surface area contributed by atoms with Crippen molar-refractivity contribution in [2.45, 2.75) is 37.6 Å². The summed E-state index contributed by atoms with van der Waals surface area (Å²) in [6, 6.07) is 8.88. The Balaban J connectivity index is 1.57. The summed E-state index contributed by atoms with van der Waals surface area (Å²) >= 11 is 0. The van der Waals surface area contributed by atoms with Crippen LogP contribution in [0.15, 0.2) is 30.3 Å². The predicted molar refractivity (Wildman–Crippen MR) is 97.1 cm³/mol. The van der Waals surface area contributed by atoms with Crippen LogP contribution in [-0.4, -0.2) is 64.1 Å². The molecule has 1 atom stereocenters. The van der Waals surface area contributed by atoms with Crippen LogP contribution < -0.4 is 0 Å². The number of rotatable bonds is 5. The van der Waals surface area contributed by atoms with Gasteiger partial charge in [-0.15, -0.1) is 0 Å². The van der Waals surface area contributed by atoms with Crippen molar-refractivity contribution in [2.75, 3.05) is 20.1 Å². The molecule has 1 spiro atoms. The molecule has 1 aromatic rings. The van der Waals surface area contributed by atoms with Gasteiger partial charge >= 0.3 is 5.97 Å². The second-order valence-electron chi connectivity index (χ2n) is 7.32. The molecule has 2 fully saturated rings. The van der Waals surface area contributed by atoms with Crippen molar-refractivity contribution in [1.29, 1.82) is 0 Å². The third kappa shape index (κ3) is 3.59. The average molecular weight is 372 g/mol. The first-order chi connectivity index (χ1) is 12.8. The van der Waals surface area contributed by atoms with Crippen molar-refractivity contribution >= 4 is 23.6 Å². The van der Waals surface area contributed by atoms with Crippen molar-refractivity contribution in [3.05, 3.63) is 35.9 Å². The lowest BCUT2D eigenvalue weighted by Crippen LogP contribution is -2.56. The van der Waals surface area contributed by atoms with Crippen LogP contribution in [0.4, 0.5) is 0 Å². The van der Waals surface area contributed by atoms with Gasteiger partial charge in [0.15, 0.2) is 5.78 Å². The van der Waals surface area contributed by atoms with Gasteiger partial charge < -0.3 is 14.9 Å². The summed E-state index contributed by atoms with van der Waals surface area (Å²) in [7, 11) is 1.65. The number of carbonyl (C=O) groups is 4. The predicted octanol–water partition coefficient (Wildman–Crippen LogP) is 1.57. The molecule has 27 heavy (non-hydrogen) atoms. The zero-order chi connectivity index (χ0) is 19.6. The molecule has 144 valence electrons. The first kappa shape index (κ1) is 19.1. The van der Waals surface area contributed by atoms with Gasteiger partial charge in [-0.25, -0.2) is 0 Å². The minimum atomic E-state index is -0.957. The number of ketones is 1. The zero-order valence-corrected chi connectivity index (χ0v) is 15.4. The number of hydrogen-bond acceptors (Lipinski definition) is 4. The fourth-order valence-corrected chi connectivity index (χ4v) is 4.27. The third-order valence-corrected chi connectivity index (χ3v) is 6.01. The fraction of sp³-hybridized carbons (Fsp3) is 0.500. The summed E-state index contributed by atoms with van der Waals surface area (Å²) < 4.78 is 0. The number of carboxylic acids is 1. The van der Waals surface area contributed by atoms with E-state index in [2.05, 4.69) is 0 Å². The average Bonchev–Trinajstić information content (AvgIpc) is 2.92. The quantitative estimate of drug-likeness (QED) is 0.792. The third-order valence-electron chi connectivity index (χ3n) is 6.01. The minimum absolute atomic E-state index is 0.0192. The summed E-state index contributed by atoms with van der Waals surface area (Å²) in [5.41, 5.74) is -0.113. The van der Waals surface area contributed by atoms with Gasteiger partial charge in [0.2, 0.25) is 11.8 Å². The van der Waals surface area contributed by atoms with Gasteiger partial charge in [-0.05, 0) is 12.8 Å². The summed E-state index contributed by atoms with van der Waals surface area (Å²) in [6.07, 6.45) is 1.21. The molecule has 2 aliphatic rings. The number of hydrogen-bond donors (Lipinski definition) is 1. The van der Waals surface area contributed by atoms with Crippen molar-refractivity contribution in [3.63, 3.8) is 0 Å². The van der Waals surface area contributed by atoms with Crippen molar-refractivity contribution in [3.8, 4) is 0 Å². The monoisotopic (exact) mass is 372 g/mol. The van der Waals surface area contributed by atoms with E-state index in [0.29, 0.717) is 31.5 Å². The number of piperidine rings is 1. The van der Waals surface area contributed by atoms with Gasteiger partial charge in [0.25, 0.3) is 0 Å². The van der Waals surface area contributed by atoms with Crippen LogP contribution in [-0.2, 0) is 14.4 Å². The Morgan fingerprint density at radius 3 is 2.33 bits per heavy atom. The van der Waals surface area contributed by atoms with E-state index in [4.69, 9.17) is 0 Å². The minimum Gasteiger partial charge on any atom is -0.481 e. The number of aliphatic carboxylic acids is 1. The Kier molecular flexibility index (Phi) is 5.30. The molecule has 2 saturated heterocycles. The first-order valence-electron chi connectivity index (χ1n) is 9.20. The molecule has 7 nitrogen and oxygen atoms in total. The van der Waals surface area contributed by atoms with E-state index in [1.807, 2.05) is 6.07 Å². The van der Waals surface area contributed by atoms with Crippen LogP contribution in [0, 0.1) is 5.92 Å². The first-order valence-corrected chi connectivity index (χ1v) is 9.20. The Labute approximate surface area is 157 Å². The second-order valence-corrected chi connectivity index (χ2v) is 7.32. The molecule has 1 aromatic carbocycles. The van der Waals surface area contributed by atoms with E-state index in [1.165, 1.54) is 0 Å². The van der Waals surface area contributed by atoms with E-state index >= 15 is 0 Å². The zero-order valence-electron chi connectivity index (χ0n) is 15.4. The van der Waals surface area contributed by atoms with Crippen LogP contribution in [0.1, 0.15) is 42.5 Å². The number of likely N-dealkylation sites (tertiary alicyclic amines) is 2. The van der Waals surface area contributed by atoms with E-state index in [0.717, 1.165) is 0 Å². The number of carbonyl (C=O) groups excluding carboxylic acids is 3. The molecule has 0 aliphatic carbocycles. The maximum Gasteiger partial charge on any atom is 0.309 e. The van der Waals surface area contributed by atoms with Gasteiger partial charge in [0, 0.05) is 45.0 Å². The maximum atomic E-state index is 12.5.